The van der Waals surface area contributed by atoms with Crippen LogP contribution in [0.25, 0.3) is 10.9 Å². The van der Waals surface area contributed by atoms with E-state index in [0.29, 0.717) is 11.2 Å². The Kier molecular flexibility index (Phi) is 5.59. The predicted octanol–water partition coefficient (Wildman–Crippen LogP) is 4.75. The Bertz CT molecular complexity index is 1360. The van der Waals surface area contributed by atoms with E-state index >= 15 is 0 Å². The number of aromatic nitrogens is 2. The van der Waals surface area contributed by atoms with Crippen molar-refractivity contribution in [2.24, 2.45) is 4.85 Å². The quantitative estimate of drug-likeness (QED) is 0.212. The van der Waals surface area contributed by atoms with Gasteiger partial charge < -0.3 is 0 Å². The first kappa shape index (κ1) is 20.9. The van der Waals surface area contributed by atoms with Gasteiger partial charge in [0.2, 0.25) is 6.54 Å². The van der Waals surface area contributed by atoms with E-state index in [9.17, 15) is 10.1 Å². The molecular weight excluding hydrogens is 431 g/mol. The second-order valence-electron chi connectivity index (χ2n) is 7.58. The molecule has 5 rings (SSSR count). The molecule has 0 atom stereocenters. The van der Waals surface area contributed by atoms with Crippen LogP contribution in [-0.4, -0.2) is 14.8 Å². The first-order valence-corrected chi connectivity index (χ1v) is 12.3. The summed E-state index contributed by atoms with van der Waals surface area (Å²) >= 11 is 0. The monoisotopic (exact) mass is 452 g/mol. The summed E-state index contributed by atoms with van der Waals surface area (Å²) in [5, 5.41) is 20.2. The summed E-state index contributed by atoms with van der Waals surface area (Å²) in [6, 6.07) is 37.9. The molecule has 0 spiro atoms. The summed E-state index contributed by atoms with van der Waals surface area (Å²) in [5.74, 6) is 0. The molecule has 0 fully saturated rings. The van der Waals surface area contributed by atoms with E-state index in [-0.39, 0.29) is 11.5 Å². The van der Waals surface area contributed by atoms with Crippen LogP contribution in [0, 0.1) is 10.1 Å². The largest absolute Gasteiger partial charge is 0.264 e. The molecule has 0 amide bonds. The topological polar surface area (TPSA) is 73.3 Å². The molecule has 1 heterocycles. The van der Waals surface area contributed by atoms with Gasteiger partial charge in [-0.25, -0.2) is 0 Å². The average Bonchev–Trinajstić information content (AvgIpc) is 3.20. The SMILES string of the molecule is O=[N+]([O-])Cc1c2ccccc2nn1N=P(c1ccccc1)(c1ccccc1)c1ccccc1. The molecule has 0 bridgehead atoms. The highest BCUT2D eigenvalue weighted by atomic mass is 31.2. The normalized spacial score (nSPS) is 11.4. The third kappa shape index (κ3) is 3.86. The fraction of sp³-hybridized carbons (Fsp3) is 0.0385. The molecule has 0 aliphatic rings. The second-order valence-corrected chi connectivity index (χ2v) is 10.6. The van der Waals surface area contributed by atoms with E-state index in [1.54, 1.807) is 0 Å². The zero-order valence-corrected chi connectivity index (χ0v) is 18.6. The van der Waals surface area contributed by atoms with Crippen molar-refractivity contribution in [1.82, 2.24) is 9.89 Å². The highest BCUT2D eigenvalue weighted by Crippen LogP contribution is 2.46. The van der Waals surface area contributed by atoms with E-state index in [1.807, 2.05) is 78.9 Å². The van der Waals surface area contributed by atoms with E-state index in [4.69, 9.17) is 9.95 Å². The zero-order chi connectivity index (χ0) is 22.7. The standard InChI is InChI=1S/C26H21N4O2P/c31-29(32)20-26-24-18-10-11-19-25(24)27-30(26)28-33(21-12-4-1-5-13-21,22-14-6-2-7-15-22)23-16-8-3-9-17-23/h1-19H,20H2. The fourth-order valence-electron chi connectivity index (χ4n) is 4.08. The highest BCUT2D eigenvalue weighted by molar-refractivity contribution is 7.87. The van der Waals surface area contributed by atoms with E-state index in [0.717, 1.165) is 21.3 Å². The maximum absolute atomic E-state index is 11.6. The fourth-order valence-corrected chi connectivity index (χ4v) is 7.50. The molecule has 0 saturated carbocycles. The molecule has 7 heteroatoms. The van der Waals surface area contributed by atoms with Crippen LogP contribution in [0.5, 0.6) is 0 Å². The lowest BCUT2D eigenvalue weighted by atomic mass is 10.2. The Labute approximate surface area is 191 Å². The van der Waals surface area contributed by atoms with Crippen LogP contribution in [0.4, 0.5) is 0 Å². The average molecular weight is 452 g/mol. The van der Waals surface area contributed by atoms with Crippen LogP contribution in [-0.2, 0) is 6.54 Å². The van der Waals surface area contributed by atoms with Gasteiger partial charge >= 0.3 is 0 Å². The Morgan fingerprint density at radius 1 is 0.727 bits per heavy atom. The van der Waals surface area contributed by atoms with Gasteiger partial charge in [0.25, 0.3) is 0 Å². The van der Waals surface area contributed by atoms with Crippen molar-refractivity contribution in [1.29, 1.82) is 0 Å². The van der Waals surface area contributed by atoms with Gasteiger partial charge in [0, 0.05) is 26.2 Å². The minimum atomic E-state index is -2.60. The van der Waals surface area contributed by atoms with Crippen molar-refractivity contribution in [2.45, 2.75) is 6.54 Å². The lowest BCUT2D eigenvalue weighted by Gasteiger charge is -2.26. The Balaban J connectivity index is 1.93. The summed E-state index contributed by atoms with van der Waals surface area (Å²) in [6.45, 7) is -0.359. The maximum Gasteiger partial charge on any atom is 0.248 e. The van der Waals surface area contributed by atoms with Crippen molar-refractivity contribution in [3.63, 3.8) is 0 Å². The number of hydrogen-bond acceptors (Lipinski definition) is 4. The summed E-state index contributed by atoms with van der Waals surface area (Å²) in [6.07, 6.45) is 0. The van der Waals surface area contributed by atoms with Crippen LogP contribution >= 0.6 is 7.05 Å². The van der Waals surface area contributed by atoms with Gasteiger partial charge in [0.1, 0.15) is 5.69 Å². The number of nitrogens with zero attached hydrogens (tertiary/aromatic N) is 4. The van der Waals surface area contributed by atoms with Crippen molar-refractivity contribution >= 4 is 33.9 Å². The van der Waals surface area contributed by atoms with Gasteiger partial charge in [-0.05, 0) is 6.07 Å². The van der Waals surface area contributed by atoms with Gasteiger partial charge in [-0.1, -0.05) is 109 Å². The van der Waals surface area contributed by atoms with Gasteiger partial charge in [-0.3, -0.25) is 10.1 Å². The number of benzene rings is 4. The zero-order valence-electron chi connectivity index (χ0n) is 17.7. The number of fused-ring (bicyclic) bond motifs is 1. The summed E-state index contributed by atoms with van der Waals surface area (Å²) in [7, 11) is -2.60. The van der Waals surface area contributed by atoms with Crippen LogP contribution in [0.15, 0.2) is 120 Å². The molecule has 5 aromatic rings. The van der Waals surface area contributed by atoms with Gasteiger partial charge in [0.05, 0.1) is 12.6 Å². The van der Waals surface area contributed by atoms with E-state index in [1.165, 1.54) is 4.79 Å². The van der Waals surface area contributed by atoms with Crippen molar-refractivity contribution in [3.05, 3.63) is 131 Å². The molecule has 0 aliphatic heterocycles. The molecule has 0 aliphatic carbocycles. The molecule has 0 radical (unpaired) electrons. The molecule has 0 unspecified atom stereocenters. The first-order chi connectivity index (χ1) is 16.2. The third-order valence-corrected chi connectivity index (χ3v) is 9.12. The smallest absolute Gasteiger partial charge is 0.248 e. The summed E-state index contributed by atoms with van der Waals surface area (Å²) in [4.78, 5) is 18.1. The van der Waals surface area contributed by atoms with Gasteiger partial charge in [0.15, 0.2) is 0 Å². The molecule has 0 N–H and O–H groups in total. The molecule has 33 heavy (non-hydrogen) atoms. The lowest BCUT2D eigenvalue weighted by Crippen LogP contribution is -2.26. The van der Waals surface area contributed by atoms with Gasteiger partial charge in [-0.15, -0.1) is 9.89 Å². The van der Waals surface area contributed by atoms with Gasteiger partial charge in [-0.2, -0.15) is 4.85 Å². The molecule has 162 valence electrons. The highest BCUT2D eigenvalue weighted by Gasteiger charge is 2.29. The second kappa shape index (κ2) is 8.85. The number of nitro groups is 1. The lowest BCUT2D eigenvalue weighted by molar-refractivity contribution is -0.497. The molecule has 1 aromatic heterocycles. The molecule has 4 aromatic carbocycles. The molecule has 0 saturated heterocycles. The summed E-state index contributed by atoms with van der Waals surface area (Å²) in [5.41, 5.74) is 1.16. The van der Waals surface area contributed by atoms with Crippen molar-refractivity contribution < 1.29 is 4.92 Å². The Morgan fingerprint density at radius 3 is 1.67 bits per heavy atom. The van der Waals surface area contributed by atoms with Crippen LogP contribution < -0.4 is 15.9 Å². The van der Waals surface area contributed by atoms with Crippen molar-refractivity contribution in [2.75, 3.05) is 0 Å². The van der Waals surface area contributed by atoms with Crippen LogP contribution in [0.3, 0.4) is 0 Å². The predicted molar refractivity (Wildman–Crippen MR) is 133 cm³/mol. The van der Waals surface area contributed by atoms with E-state index in [2.05, 4.69) is 36.4 Å². The minimum absolute atomic E-state index is 0.330. The number of rotatable bonds is 6. The first-order valence-electron chi connectivity index (χ1n) is 10.6. The summed E-state index contributed by atoms with van der Waals surface area (Å²) < 4.78 is 0. The minimum Gasteiger partial charge on any atom is -0.264 e. The van der Waals surface area contributed by atoms with Crippen molar-refractivity contribution in [3.8, 4) is 0 Å². The van der Waals surface area contributed by atoms with E-state index < -0.39 is 7.05 Å². The van der Waals surface area contributed by atoms with Crippen LogP contribution in [0.2, 0.25) is 0 Å². The Hall–Kier alpha value is -4.02. The maximum atomic E-state index is 11.6. The van der Waals surface area contributed by atoms with Crippen LogP contribution in [0.1, 0.15) is 5.69 Å². The number of hydrogen-bond donors (Lipinski definition) is 0. The third-order valence-electron chi connectivity index (χ3n) is 5.55. The molecular formula is C26H21N4O2P. The Morgan fingerprint density at radius 2 is 1.18 bits per heavy atom. The molecule has 6 nitrogen and oxygen atoms in total.